The van der Waals surface area contributed by atoms with Gasteiger partial charge >= 0.3 is 0 Å². The van der Waals surface area contributed by atoms with Crippen LogP contribution >= 0.6 is 0 Å². The van der Waals surface area contributed by atoms with E-state index < -0.39 is 0 Å². The zero-order valence-corrected chi connectivity index (χ0v) is 10.3. The first-order valence-corrected chi connectivity index (χ1v) is 5.99. The molecule has 0 fully saturated rings. The minimum absolute atomic E-state index is 0.0230. The van der Waals surface area contributed by atoms with Crippen molar-refractivity contribution in [2.75, 3.05) is 13.6 Å². The predicted molar refractivity (Wildman–Crippen MR) is 67.9 cm³/mol. The van der Waals surface area contributed by atoms with Gasteiger partial charge in [0.1, 0.15) is 0 Å². The van der Waals surface area contributed by atoms with E-state index in [0.717, 1.165) is 0 Å². The fourth-order valence-corrected chi connectivity index (χ4v) is 2.02. The largest absolute Gasteiger partial charge is 0.358 e. The molecule has 1 heterocycles. The van der Waals surface area contributed by atoms with Crippen molar-refractivity contribution in [2.45, 2.75) is 19.0 Å². The lowest BCUT2D eigenvalue weighted by molar-refractivity contribution is -0.127. The van der Waals surface area contributed by atoms with E-state index in [9.17, 15) is 9.59 Å². The first-order valence-electron chi connectivity index (χ1n) is 5.99. The number of likely N-dealkylation sites (N-methyl/N-ethyl adjacent to an activating group) is 1. The minimum atomic E-state index is -0.260. The van der Waals surface area contributed by atoms with Gasteiger partial charge < -0.3 is 16.0 Å². The molecule has 0 radical (unpaired) electrons. The number of carbonyl (C=O) groups is 2. The molecule has 1 unspecified atom stereocenters. The maximum atomic E-state index is 11.9. The number of amides is 2. The molecule has 1 aromatic rings. The van der Waals surface area contributed by atoms with Gasteiger partial charge in [-0.25, -0.2) is 0 Å². The Hall–Kier alpha value is -1.88. The van der Waals surface area contributed by atoms with Gasteiger partial charge in [0.15, 0.2) is 0 Å². The molecule has 1 aliphatic rings. The SMILES string of the molecule is CNC(=O)CNC(=O)C1Cc2ccccc2CN1. The van der Waals surface area contributed by atoms with Crippen molar-refractivity contribution in [3.8, 4) is 0 Å². The first-order chi connectivity index (χ1) is 8.70. The van der Waals surface area contributed by atoms with Crippen LogP contribution in [0.5, 0.6) is 0 Å². The quantitative estimate of drug-likeness (QED) is 0.678. The van der Waals surface area contributed by atoms with Gasteiger partial charge in [-0.05, 0) is 17.5 Å². The van der Waals surface area contributed by atoms with E-state index in [2.05, 4.69) is 22.0 Å². The Kier molecular flexibility index (Phi) is 3.94. The van der Waals surface area contributed by atoms with Gasteiger partial charge in [-0.15, -0.1) is 0 Å². The molecule has 0 saturated carbocycles. The second-order valence-electron chi connectivity index (χ2n) is 4.30. The predicted octanol–water partition coefficient (Wildman–Crippen LogP) is -0.437. The van der Waals surface area contributed by atoms with Crippen LogP contribution < -0.4 is 16.0 Å². The van der Waals surface area contributed by atoms with Crippen LogP contribution in [0.1, 0.15) is 11.1 Å². The Labute approximate surface area is 106 Å². The lowest BCUT2D eigenvalue weighted by Gasteiger charge is -2.25. The van der Waals surface area contributed by atoms with Crippen molar-refractivity contribution in [1.82, 2.24) is 16.0 Å². The Morgan fingerprint density at radius 3 is 2.78 bits per heavy atom. The number of hydrogen-bond donors (Lipinski definition) is 3. The summed E-state index contributed by atoms with van der Waals surface area (Å²) in [6, 6.07) is 7.80. The zero-order valence-electron chi connectivity index (χ0n) is 10.3. The molecule has 0 spiro atoms. The van der Waals surface area contributed by atoms with Gasteiger partial charge in [-0.3, -0.25) is 9.59 Å². The molecule has 18 heavy (non-hydrogen) atoms. The Balaban J connectivity index is 1.92. The summed E-state index contributed by atoms with van der Waals surface area (Å²) in [5.74, 6) is -0.326. The number of benzene rings is 1. The van der Waals surface area contributed by atoms with Crippen LogP contribution in [0.3, 0.4) is 0 Å². The highest BCUT2D eigenvalue weighted by Gasteiger charge is 2.23. The highest BCUT2D eigenvalue weighted by atomic mass is 16.2. The molecular formula is C13H17N3O2. The second kappa shape index (κ2) is 5.64. The Morgan fingerprint density at radius 2 is 2.06 bits per heavy atom. The smallest absolute Gasteiger partial charge is 0.239 e. The van der Waals surface area contributed by atoms with E-state index in [-0.39, 0.29) is 24.4 Å². The highest BCUT2D eigenvalue weighted by molar-refractivity contribution is 5.87. The summed E-state index contributed by atoms with van der Waals surface area (Å²) in [5, 5.41) is 8.26. The fraction of sp³-hybridized carbons (Fsp3) is 0.385. The summed E-state index contributed by atoms with van der Waals surface area (Å²) in [7, 11) is 1.55. The third kappa shape index (κ3) is 2.87. The van der Waals surface area contributed by atoms with E-state index in [0.29, 0.717) is 13.0 Å². The van der Waals surface area contributed by atoms with Crippen molar-refractivity contribution in [3.05, 3.63) is 35.4 Å². The van der Waals surface area contributed by atoms with Crippen molar-refractivity contribution >= 4 is 11.8 Å². The summed E-state index contributed by atoms with van der Waals surface area (Å²) in [6.07, 6.45) is 0.662. The highest BCUT2D eigenvalue weighted by Crippen LogP contribution is 2.16. The van der Waals surface area contributed by atoms with Gasteiger partial charge in [0, 0.05) is 13.6 Å². The molecule has 1 atom stereocenters. The molecule has 3 N–H and O–H groups in total. The average molecular weight is 247 g/mol. The molecule has 0 bridgehead atoms. The van der Waals surface area contributed by atoms with Crippen molar-refractivity contribution in [3.63, 3.8) is 0 Å². The maximum absolute atomic E-state index is 11.9. The maximum Gasteiger partial charge on any atom is 0.239 e. The van der Waals surface area contributed by atoms with Crippen LogP contribution in [-0.4, -0.2) is 31.4 Å². The fourth-order valence-electron chi connectivity index (χ4n) is 2.02. The van der Waals surface area contributed by atoms with Crippen molar-refractivity contribution < 1.29 is 9.59 Å². The monoisotopic (exact) mass is 247 g/mol. The van der Waals surface area contributed by atoms with Crippen LogP contribution in [0.15, 0.2) is 24.3 Å². The first kappa shape index (κ1) is 12.6. The van der Waals surface area contributed by atoms with Crippen LogP contribution in [0, 0.1) is 0 Å². The Morgan fingerprint density at radius 1 is 1.33 bits per heavy atom. The van der Waals surface area contributed by atoms with Gasteiger partial charge in [-0.1, -0.05) is 24.3 Å². The average Bonchev–Trinajstić information content (AvgIpc) is 2.43. The molecule has 2 amide bonds. The van der Waals surface area contributed by atoms with Crippen LogP contribution in [-0.2, 0) is 22.6 Å². The van der Waals surface area contributed by atoms with E-state index in [1.165, 1.54) is 11.1 Å². The number of fused-ring (bicyclic) bond motifs is 1. The summed E-state index contributed by atoms with van der Waals surface area (Å²) in [4.78, 5) is 22.9. The number of nitrogens with one attached hydrogen (secondary N) is 3. The van der Waals surface area contributed by atoms with Crippen molar-refractivity contribution in [2.24, 2.45) is 0 Å². The summed E-state index contributed by atoms with van der Waals surface area (Å²) in [5.41, 5.74) is 2.42. The third-order valence-electron chi connectivity index (χ3n) is 3.10. The van der Waals surface area contributed by atoms with Gasteiger partial charge in [-0.2, -0.15) is 0 Å². The van der Waals surface area contributed by atoms with E-state index in [4.69, 9.17) is 0 Å². The van der Waals surface area contributed by atoms with E-state index >= 15 is 0 Å². The second-order valence-corrected chi connectivity index (χ2v) is 4.30. The lowest BCUT2D eigenvalue weighted by atomic mass is 9.95. The van der Waals surface area contributed by atoms with Crippen LogP contribution in [0.2, 0.25) is 0 Å². The molecule has 0 aliphatic carbocycles. The third-order valence-corrected chi connectivity index (χ3v) is 3.10. The molecule has 0 saturated heterocycles. The molecule has 5 nitrogen and oxygen atoms in total. The molecule has 1 aliphatic heterocycles. The summed E-state index contributed by atoms with van der Waals surface area (Å²) >= 11 is 0. The van der Waals surface area contributed by atoms with Crippen LogP contribution in [0.4, 0.5) is 0 Å². The standard InChI is InChI=1S/C13H17N3O2/c1-14-12(17)8-16-13(18)11-6-9-4-2-3-5-10(9)7-15-11/h2-5,11,15H,6-8H2,1H3,(H,14,17)(H,16,18). The minimum Gasteiger partial charge on any atom is -0.358 e. The topological polar surface area (TPSA) is 70.2 Å². The molecular weight excluding hydrogens is 230 g/mol. The molecule has 0 aromatic heterocycles. The summed E-state index contributed by atoms with van der Waals surface area (Å²) in [6.45, 7) is 0.712. The normalized spacial score (nSPS) is 17.7. The number of carbonyl (C=O) groups excluding carboxylic acids is 2. The Bertz CT molecular complexity index is 459. The number of hydrogen-bond acceptors (Lipinski definition) is 3. The van der Waals surface area contributed by atoms with Crippen LogP contribution in [0.25, 0.3) is 0 Å². The van der Waals surface area contributed by atoms with Gasteiger partial charge in [0.25, 0.3) is 0 Å². The summed E-state index contributed by atoms with van der Waals surface area (Å²) < 4.78 is 0. The number of rotatable bonds is 3. The molecule has 1 aromatic carbocycles. The lowest BCUT2D eigenvalue weighted by Crippen LogP contribution is -2.49. The van der Waals surface area contributed by atoms with Crippen molar-refractivity contribution in [1.29, 1.82) is 0 Å². The molecule has 5 heteroatoms. The van der Waals surface area contributed by atoms with E-state index in [1.54, 1.807) is 7.05 Å². The van der Waals surface area contributed by atoms with Gasteiger partial charge in [0.2, 0.25) is 11.8 Å². The molecule has 2 rings (SSSR count). The van der Waals surface area contributed by atoms with E-state index in [1.807, 2.05) is 18.2 Å². The zero-order chi connectivity index (χ0) is 13.0. The van der Waals surface area contributed by atoms with Gasteiger partial charge in [0.05, 0.1) is 12.6 Å². The molecule has 96 valence electrons.